The SMILES string of the molecule is Cc1cc(Nc2ccc(-c3nc4c(s3)CC(OC(N)=O)CC4)c(S(=O)(=O)C3CC3)c2)n[nH]1. The highest BCUT2D eigenvalue weighted by Gasteiger charge is 2.39. The number of nitrogens with two attached hydrogens (primary N) is 1. The molecule has 168 valence electrons. The number of aryl methyl sites for hydroxylation is 2. The Bertz CT molecular complexity index is 1290. The van der Waals surface area contributed by atoms with Gasteiger partial charge < -0.3 is 15.8 Å². The lowest BCUT2D eigenvalue weighted by Crippen LogP contribution is -2.27. The molecule has 1 unspecified atom stereocenters. The molecule has 0 bridgehead atoms. The first-order valence-electron chi connectivity index (χ1n) is 10.4. The highest BCUT2D eigenvalue weighted by atomic mass is 32.2. The molecular weight excluding hydrogens is 450 g/mol. The van der Waals surface area contributed by atoms with Crippen molar-refractivity contribution in [3.8, 4) is 10.6 Å². The number of H-pyrrole nitrogens is 1. The number of nitrogens with zero attached hydrogens (tertiary/aromatic N) is 2. The third kappa shape index (κ3) is 4.09. The fourth-order valence-electron chi connectivity index (χ4n) is 3.92. The van der Waals surface area contributed by atoms with Crippen LogP contribution in [0.4, 0.5) is 16.3 Å². The van der Waals surface area contributed by atoms with Gasteiger partial charge in [-0.2, -0.15) is 5.10 Å². The minimum Gasteiger partial charge on any atom is -0.446 e. The Labute approximate surface area is 189 Å². The van der Waals surface area contributed by atoms with Gasteiger partial charge in [-0.15, -0.1) is 11.3 Å². The maximum Gasteiger partial charge on any atom is 0.404 e. The van der Waals surface area contributed by atoms with Gasteiger partial charge in [-0.05, 0) is 50.8 Å². The van der Waals surface area contributed by atoms with Gasteiger partial charge in [-0.1, -0.05) is 0 Å². The molecule has 2 aliphatic carbocycles. The van der Waals surface area contributed by atoms with Gasteiger partial charge in [0.2, 0.25) is 0 Å². The van der Waals surface area contributed by atoms with Crippen molar-refractivity contribution >= 4 is 38.8 Å². The first-order chi connectivity index (χ1) is 15.3. The summed E-state index contributed by atoms with van der Waals surface area (Å²) >= 11 is 1.45. The number of amides is 1. The van der Waals surface area contributed by atoms with Gasteiger partial charge >= 0.3 is 6.09 Å². The molecule has 4 N–H and O–H groups in total. The van der Waals surface area contributed by atoms with Crippen molar-refractivity contribution in [2.24, 2.45) is 5.73 Å². The van der Waals surface area contributed by atoms with Crippen molar-refractivity contribution in [1.29, 1.82) is 0 Å². The number of ether oxygens (including phenoxy) is 1. The number of sulfone groups is 1. The lowest BCUT2D eigenvalue weighted by molar-refractivity contribution is 0.0983. The number of aromatic amines is 1. The predicted octanol–water partition coefficient (Wildman–Crippen LogP) is 3.47. The van der Waals surface area contributed by atoms with Gasteiger partial charge in [0.1, 0.15) is 11.1 Å². The third-order valence-corrected chi connectivity index (χ3v) is 9.09. The Morgan fingerprint density at radius 1 is 1.28 bits per heavy atom. The van der Waals surface area contributed by atoms with E-state index in [0.29, 0.717) is 54.2 Å². The van der Waals surface area contributed by atoms with Crippen LogP contribution in [0.2, 0.25) is 0 Å². The zero-order valence-corrected chi connectivity index (χ0v) is 19.1. The van der Waals surface area contributed by atoms with Crippen LogP contribution in [0.1, 0.15) is 35.5 Å². The number of thiazole rings is 1. The van der Waals surface area contributed by atoms with E-state index in [2.05, 4.69) is 15.5 Å². The fourth-order valence-corrected chi connectivity index (χ4v) is 7.08. The Morgan fingerprint density at radius 3 is 2.78 bits per heavy atom. The molecule has 0 spiro atoms. The molecule has 9 nitrogen and oxygen atoms in total. The molecule has 0 aliphatic heterocycles. The van der Waals surface area contributed by atoms with Crippen molar-refractivity contribution in [1.82, 2.24) is 15.2 Å². The topological polar surface area (TPSA) is 140 Å². The predicted molar refractivity (Wildman–Crippen MR) is 121 cm³/mol. The Kier molecular flexibility index (Phi) is 5.17. The number of rotatable bonds is 6. The molecular formula is C21H23N5O4S2. The number of primary amides is 1. The van der Waals surface area contributed by atoms with Crippen molar-refractivity contribution in [2.75, 3.05) is 5.32 Å². The smallest absolute Gasteiger partial charge is 0.404 e. The van der Waals surface area contributed by atoms with Gasteiger partial charge in [0, 0.05) is 34.3 Å². The Morgan fingerprint density at radius 2 is 2.09 bits per heavy atom. The molecule has 3 aromatic rings. The summed E-state index contributed by atoms with van der Waals surface area (Å²) in [5.41, 5.74) is 8.25. The van der Waals surface area contributed by atoms with Crippen LogP contribution in [-0.2, 0) is 27.4 Å². The van der Waals surface area contributed by atoms with E-state index >= 15 is 0 Å². The normalized spacial score (nSPS) is 18.2. The Balaban J connectivity index is 1.51. The van der Waals surface area contributed by atoms with Crippen LogP contribution in [0.5, 0.6) is 0 Å². The number of fused-ring (bicyclic) bond motifs is 1. The van der Waals surface area contributed by atoms with Crippen LogP contribution in [0, 0.1) is 6.92 Å². The molecule has 1 atom stereocenters. The van der Waals surface area contributed by atoms with Crippen molar-refractivity contribution in [2.45, 2.75) is 55.3 Å². The number of nitrogens with one attached hydrogen (secondary N) is 2. The summed E-state index contributed by atoms with van der Waals surface area (Å²) in [4.78, 5) is 17.1. The monoisotopic (exact) mass is 473 g/mol. The zero-order chi connectivity index (χ0) is 22.5. The number of hydrogen-bond acceptors (Lipinski definition) is 8. The maximum atomic E-state index is 13.3. The summed E-state index contributed by atoms with van der Waals surface area (Å²) in [5, 5.41) is 10.5. The average molecular weight is 474 g/mol. The van der Waals surface area contributed by atoms with E-state index in [1.807, 2.05) is 19.1 Å². The fraction of sp³-hybridized carbons (Fsp3) is 0.381. The quantitative estimate of drug-likeness (QED) is 0.498. The standard InChI is InChI=1S/C21H23N5O4S2/c1-11-8-19(26-25-11)23-12-2-6-15(18(9-12)32(28,29)14-4-5-14)20-24-16-7-3-13(30-21(22)27)10-17(16)31-20/h2,6,8-9,13-14H,3-5,7,10H2,1H3,(H2,22,27)(H2,23,25,26). The highest BCUT2D eigenvalue weighted by molar-refractivity contribution is 7.92. The number of aromatic nitrogens is 3. The van der Waals surface area contributed by atoms with E-state index in [9.17, 15) is 13.2 Å². The van der Waals surface area contributed by atoms with E-state index in [0.717, 1.165) is 16.3 Å². The van der Waals surface area contributed by atoms with E-state index in [4.69, 9.17) is 15.5 Å². The molecule has 1 aromatic carbocycles. The molecule has 2 aromatic heterocycles. The molecule has 1 saturated carbocycles. The summed E-state index contributed by atoms with van der Waals surface area (Å²) < 4.78 is 31.7. The summed E-state index contributed by atoms with van der Waals surface area (Å²) in [5.74, 6) is 0.621. The Hall–Kier alpha value is -2.92. The molecule has 11 heteroatoms. The average Bonchev–Trinajstić information content (AvgIpc) is 3.41. The number of hydrogen-bond donors (Lipinski definition) is 3. The number of carbonyl (C=O) groups excluding carboxylic acids is 1. The minimum atomic E-state index is -3.47. The molecule has 1 fully saturated rings. The van der Waals surface area contributed by atoms with E-state index in [1.54, 1.807) is 12.1 Å². The summed E-state index contributed by atoms with van der Waals surface area (Å²) in [6.07, 6.45) is 2.16. The molecule has 0 saturated heterocycles. The number of anilines is 2. The van der Waals surface area contributed by atoms with Gasteiger partial charge in [0.25, 0.3) is 0 Å². The van der Waals surface area contributed by atoms with Crippen LogP contribution in [0.25, 0.3) is 10.6 Å². The molecule has 1 amide bonds. The second kappa shape index (κ2) is 7.89. The lowest BCUT2D eigenvalue weighted by atomic mass is 10.00. The summed E-state index contributed by atoms with van der Waals surface area (Å²) in [7, 11) is -3.47. The van der Waals surface area contributed by atoms with Crippen LogP contribution in [0.3, 0.4) is 0 Å². The molecule has 0 radical (unpaired) electrons. The van der Waals surface area contributed by atoms with Crippen LogP contribution >= 0.6 is 11.3 Å². The molecule has 5 rings (SSSR count). The van der Waals surface area contributed by atoms with Crippen LogP contribution in [0.15, 0.2) is 29.2 Å². The van der Waals surface area contributed by atoms with Gasteiger partial charge in [-0.3, -0.25) is 5.10 Å². The van der Waals surface area contributed by atoms with E-state index < -0.39 is 15.9 Å². The van der Waals surface area contributed by atoms with Gasteiger partial charge in [-0.25, -0.2) is 18.2 Å². The van der Waals surface area contributed by atoms with Crippen molar-refractivity contribution in [3.63, 3.8) is 0 Å². The zero-order valence-electron chi connectivity index (χ0n) is 17.4. The maximum absolute atomic E-state index is 13.3. The van der Waals surface area contributed by atoms with Crippen molar-refractivity contribution < 1.29 is 17.9 Å². The number of carbonyl (C=O) groups is 1. The first kappa shape index (κ1) is 21.0. The van der Waals surface area contributed by atoms with E-state index in [-0.39, 0.29) is 16.2 Å². The van der Waals surface area contributed by atoms with Crippen LogP contribution < -0.4 is 11.1 Å². The summed E-state index contributed by atoms with van der Waals surface area (Å²) in [6.45, 7) is 1.90. The van der Waals surface area contributed by atoms with Crippen molar-refractivity contribution in [3.05, 3.63) is 40.5 Å². The second-order valence-electron chi connectivity index (χ2n) is 8.21. The van der Waals surface area contributed by atoms with Gasteiger partial charge in [0.15, 0.2) is 15.7 Å². The molecule has 2 aliphatic rings. The van der Waals surface area contributed by atoms with E-state index in [1.165, 1.54) is 11.3 Å². The lowest BCUT2D eigenvalue weighted by Gasteiger charge is -2.20. The summed E-state index contributed by atoms with van der Waals surface area (Å²) in [6, 6.07) is 7.16. The third-order valence-electron chi connectivity index (χ3n) is 5.64. The number of benzene rings is 1. The second-order valence-corrected chi connectivity index (χ2v) is 11.5. The minimum absolute atomic E-state index is 0.271. The van der Waals surface area contributed by atoms with Crippen LogP contribution in [-0.4, -0.2) is 41.0 Å². The molecule has 2 heterocycles. The molecule has 32 heavy (non-hydrogen) atoms. The first-order valence-corrected chi connectivity index (χ1v) is 12.8. The highest BCUT2D eigenvalue weighted by Crippen LogP contribution is 2.42. The largest absolute Gasteiger partial charge is 0.446 e. The van der Waals surface area contributed by atoms with Gasteiger partial charge in [0.05, 0.1) is 15.8 Å².